The lowest BCUT2D eigenvalue weighted by atomic mass is 9.95. The quantitative estimate of drug-likeness (QED) is 0.781. The molecule has 0 bridgehead atoms. The van der Waals surface area contributed by atoms with Crippen molar-refractivity contribution in [2.75, 3.05) is 13.2 Å². The van der Waals surface area contributed by atoms with Gasteiger partial charge in [0.25, 0.3) is 10.1 Å². The lowest BCUT2D eigenvalue weighted by Gasteiger charge is -2.37. The number of benzene rings is 1. The maximum Gasteiger partial charge on any atom is 0.296 e. The largest absolute Gasteiger partial charge is 0.297 e. The highest BCUT2D eigenvalue weighted by Gasteiger charge is 2.33. The standard InChI is InChI=1S/C17H25NO3S/c1-14-7-9-17(10-8-14)22(19,20)21-13-11-16-5-2-4-15-6-3-12-18(15)16/h7-10,15-16H,2-6,11-13H2,1H3/t15-,16+/m1/s1. The van der Waals surface area contributed by atoms with Crippen LogP contribution in [0.2, 0.25) is 0 Å². The zero-order valence-electron chi connectivity index (χ0n) is 13.2. The summed E-state index contributed by atoms with van der Waals surface area (Å²) in [5, 5.41) is 0. The lowest BCUT2D eigenvalue weighted by Crippen LogP contribution is -2.43. The summed E-state index contributed by atoms with van der Waals surface area (Å²) in [5.41, 5.74) is 1.04. The Labute approximate surface area is 133 Å². The number of fused-ring (bicyclic) bond motifs is 1. The summed E-state index contributed by atoms with van der Waals surface area (Å²) in [5.74, 6) is 0. The molecule has 0 aromatic heterocycles. The zero-order valence-corrected chi connectivity index (χ0v) is 14.0. The molecule has 0 N–H and O–H groups in total. The van der Waals surface area contributed by atoms with Crippen LogP contribution in [-0.4, -0.2) is 38.6 Å². The molecule has 2 fully saturated rings. The van der Waals surface area contributed by atoms with Gasteiger partial charge in [0.05, 0.1) is 11.5 Å². The van der Waals surface area contributed by atoms with Gasteiger partial charge in [-0.1, -0.05) is 24.1 Å². The predicted molar refractivity (Wildman–Crippen MR) is 86.3 cm³/mol. The van der Waals surface area contributed by atoms with Gasteiger partial charge in [-0.2, -0.15) is 8.42 Å². The molecule has 0 aliphatic carbocycles. The lowest BCUT2D eigenvalue weighted by molar-refractivity contribution is 0.104. The van der Waals surface area contributed by atoms with E-state index in [1.165, 1.54) is 38.6 Å². The number of aryl methyl sites for hydroxylation is 1. The average Bonchev–Trinajstić information content (AvgIpc) is 2.97. The molecular formula is C17H25NO3S. The molecule has 5 heteroatoms. The second-order valence-electron chi connectivity index (χ2n) is 6.50. The Bertz CT molecular complexity index is 597. The number of hydrogen-bond donors (Lipinski definition) is 0. The zero-order chi connectivity index (χ0) is 15.6. The summed E-state index contributed by atoms with van der Waals surface area (Å²) in [4.78, 5) is 2.83. The van der Waals surface area contributed by atoms with Crippen LogP contribution in [0, 0.1) is 6.92 Å². The smallest absolute Gasteiger partial charge is 0.296 e. The van der Waals surface area contributed by atoms with E-state index in [-0.39, 0.29) is 11.5 Å². The molecule has 0 unspecified atom stereocenters. The van der Waals surface area contributed by atoms with Crippen LogP contribution in [0.25, 0.3) is 0 Å². The maximum absolute atomic E-state index is 12.2. The second kappa shape index (κ2) is 6.69. The molecule has 4 nitrogen and oxygen atoms in total. The molecule has 0 radical (unpaired) electrons. The van der Waals surface area contributed by atoms with Crippen molar-refractivity contribution >= 4 is 10.1 Å². The van der Waals surface area contributed by atoms with Gasteiger partial charge < -0.3 is 0 Å². The molecule has 2 saturated heterocycles. The fourth-order valence-corrected chi connectivity index (χ4v) is 4.70. The topological polar surface area (TPSA) is 46.6 Å². The third kappa shape index (κ3) is 3.53. The fourth-order valence-electron chi connectivity index (χ4n) is 3.78. The van der Waals surface area contributed by atoms with Gasteiger partial charge in [-0.3, -0.25) is 9.08 Å². The van der Waals surface area contributed by atoms with Gasteiger partial charge in [-0.15, -0.1) is 0 Å². The van der Waals surface area contributed by atoms with Crippen molar-refractivity contribution in [3.05, 3.63) is 29.8 Å². The summed E-state index contributed by atoms with van der Waals surface area (Å²) >= 11 is 0. The molecule has 1 aromatic carbocycles. The van der Waals surface area contributed by atoms with Gasteiger partial charge in [0.2, 0.25) is 0 Å². The SMILES string of the molecule is Cc1ccc(S(=O)(=O)OCC[C@@H]2CCC[C@@H]3CCCN32)cc1. The monoisotopic (exact) mass is 323 g/mol. The Morgan fingerprint density at radius 2 is 1.86 bits per heavy atom. The normalized spacial score (nSPS) is 26.0. The van der Waals surface area contributed by atoms with Gasteiger partial charge in [-0.05, 0) is 57.7 Å². The molecule has 2 aliphatic heterocycles. The molecule has 3 rings (SSSR count). The predicted octanol–water partition coefficient (Wildman–Crippen LogP) is 3.11. The number of piperidine rings is 1. The van der Waals surface area contributed by atoms with E-state index in [1.807, 2.05) is 6.92 Å². The van der Waals surface area contributed by atoms with Crippen LogP contribution in [0.5, 0.6) is 0 Å². The molecular weight excluding hydrogens is 298 g/mol. The number of hydrogen-bond acceptors (Lipinski definition) is 4. The molecule has 0 amide bonds. The van der Waals surface area contributed by atoms with Crippen LogP contribution in [0.4, 0.5) is 0 Å². The van der Waals surface area contributed by atoms with Crippen LogP contribution < -0.4 is 0 Å². The molecule has 1 aromatic rings. The van der Waals surface area contributed by atoms with Crippen molar-refractivity contribution in [3.8, 4) is 0 Å². The third-order valence-electron chi connectivity index (χ3n) is 4.97. The van der Waals surface area contributed by atoms with Gasteiger partial charge >= 0.3 is 0 Å². The molecule has 2 atom stereocenters. The Kier molecular flexibility index (Phi) is 4.85. The van der Waals surface area contributed by atoms with Crippen molar-refractivity contribution in [1.29, 1.82) is 0 Å². The van der Waals surface area contributed by atoms with Crippen LogP contribution >= 0.6 is 0 Å². The first-order valence-electron chi connectivity index (χ1n) is 8.28. The van der Waals surface area contributed by atoms with E-state index in [4.69, 9.17) is 4.18 Å². The first kappa shape index (κ1) is 16.0. The highest BCUT2D eigenvalue weighted by Crippen LogP contribution is 2.32. The number of nitrogens with zero attached hydrogens (tertiary/aromatic N) is 1. The van der Waals surface area contributed by atoms with Crippen molar-refractivity contribution in [3.63, 3.8) is 0 Å². The second-order valence-corrected chi connectivity index (χ2v) is 8.11. The van der Waals surface area contributed by atoms with Crippen molar-refractivity contribution < 1.29 is 12.6 Å². The van der Waals surface area contributed by atoms with Crippen molar-refractivity contribution in [1.82, 2.24) is 4.90 Å². The summed E-state index contributed by atoms with van der Waals surface area (Å²) in [6.07, 6.45) is 7.13. The molecule has 122 valence electrons. The number of rotatable bonds is 5. The summed E-state index contributed by atoms with van der Waals surface area (Å²) < 4.78 is 29.6. The van der Waals surface area contributed by atoms with Gasteiger partial charge in [0.15, 0.2) is 0 Å². The molecule has 0 spiro atoms. The minimum absolute atomic E-state index is 0.251. The summed E-state index contributed by atoms with van der Waals surface area (Å²) in [6.45, 7) is 3.39. The van der Waals surface area contributed by atoms with Gasteiger partial charge in [-0.25, -0.2) is 0 Å². The van der Waals surface area contributed by atoms with Crippen LogP contribution in [0.1, 0.15) is 44.1 Å². The van der Waals surface area contributed by atoms with Crippen molar-refractivity contribution in [2.24, 2.45) is 0 Å². The van der Waals surface area contributed by atoms with E-state index in [9.17, 15) is 8.42 Å². The van der Waals surface area contributed by atoms with E-state index in [0.717, 1.165) is 18.0 Å². The van der Waals surface area contributed by atoms with E-state index >= 15 is 0 Å². The van der Waals surface area contributed by atoms with E-state index < -0.39 is 10.1 Å². The maximum atomic E-state index is 12.2. The average molecular weight is 323 g/mol. The first-order valence-corrected chi connectivity index (χ1v) is 9.69. The third-order valence-corrected chi connectivity index (χ3v) is 6.29. The van der Waals surface area contributed by atoms with Crippen LogP contribution in [0.3, 0.4) is 0 Å². The fraction of sp³-hybridized carbons (Fsp3) is 0.647. The van der Waals surface area contributed by atoms with Crippen molar-refractivity contribution in [2.45, 2.75) is 62.4 Å². The summed E-state index contributed by atoms with van der Waals surface area (Å²) in [7, 11) is -3.62. The molecule has 0 saturated carbocycles. The highest BCUT2D eigenvalue weighted by molar-refractivity contribution is 7.86. The van der Waals surface area contributed by atoms with Crippen LogP contribution in [0.15, 0.2) is 29.2 Å². The summed E-state index contributed by atoms with van der Waals surface area (Å²) in [6, 6.07) is 8.05. The molecule has 2 heterocycles. The van der Waals surface area contributed by atoms with E-state index in [1.54, 1.807) is 24.3 Å². The van der Waals surface area contributed by atoms with E-state index in [0.29, 0.717) is 6.04 Å². The van der Waals surface area contributed by atoms with Crippen LogP contribution in [-0.2, 0) is 14.3 Å². The van der Waals surface area contributed by atoms with E-state index in [2.05, 4.69) is 4.90 Å². The Hall–Kier alpha value is -0.910. The minimum Gasteiger partial charge on any atom is -0.297 e. The molecule has 2 aliphatic rings. The van der Waals surface area contributed by atoms with Gasteiger partial charge in [0.1, 0.15) is 0 Å². The molecule has 22 heavy (non-hydrogen) atoms. The Morgan fingerprint density at radius 3 is 2.64 bits per heavy atom. The highest BCUT2D eigenvalue weighted by atomic mass is 32.2. The Morgan fingerprint density at radius 1 is 1.14 bits per heavy atom. The first-order chi connectivity index (χ1) is 10.6. The Balaban J connectivity index is 1.55. The van der Waals surface area contributed by atoms with Gasteiger partial charge in [0, 0.05) is 12.1 Å². The minimum atomic E-state index is -3.62.